The molecule has 0 aliphatic carbocycles. The summed E-state index contributed by atoms with van der Waals surface area (Å²) in [5, 5.41) is 6.08. The second-order valence-electron chi connectivity index (χ2n) is 5.80. The molecule has 1 aliphatic heterocycles. The van der Waals surface area contributed by atoms with Crippen molar-refractivity contribution in [3.8, 4) is 0 Å². The van der Waals surface area contributed by atoms with Gasteiger partial charge in [0.15, 0.2) is 5.96 Å². The summed E-state index contributed by atoms with van der Waals surface area (Å²) in [6, 6.07) is 7.85. The Balaban J connectivity index is 2.32. The zero-order valence-electron chi connectivity index (χ0n) is 13.2. The van der Waals surface area contributed by atoms with Gasteiger partial charge in [-0.15, -0.1) is 0 Å². The number of rotatable bonds is 5. The molecule has 1 unspecified atom stereocenters. The number of hydrogen-bond donors (Lipinski definition) is 3. The number of hydrogen-bond acceptors (Lipinski definition) is 3. The Morgan fingerprint density at radius 1 is 1.45 bits per heavy atom. The molecule has 1 heterocycles. The Morgan fingerprint density at radius 2 is 2.18 bits per heavy atom. The Bertz CT molecular complexity index is 523. The Morgan fingerprint density at radius 3 is 2.82 bits per heavy atom. The van der Waals surface area contributed by atoms with Crippen molar-refractivity contribution < 1.29 is 4.79 Å². The molecular weight excluding hydrogens is 278 g/mol. The fourth-order valence-electron chi connectivity index (χ4n) is 2.75. The highest BCUT2D eigenvalue weighted by atomic mass is 16.1. The molecule has 0 bridgehead atoms. The summed E-state index contributed by atoms with van der Waals surface area (Å²) in [7, 11) is 3.78. The van der Waals surface area contributed by atoms with Gasteiger partial charge in [-0.3, -0.25) is 4.79 Å². The summed E-state index contributed by atoms with van der Waals surface area (Å²) in [4.78, 5) is 17.2. The first-order valence-electron chi connectivity index (χ1n) is 7.63. The van der Waals surface area contributed by atoms with Crippen LogP contribution in [0, 0.1) is 5.92 Å². The van der Waals surface area contributed by atoms with Gasteiger partial charge in [0.1, 0.15) is 0 Å². The van der Waals surface area contributed by atoms with E-state index in [1.165, 1.54) is 0 Å². The topological polar surface area (TPSA) is 82.8 Å². The highest BCUT2D eigenvalue weighted by Crippen LogP contribution is 2.33. The van der Waals surface area contributed by atoms with Crippen LogP contribution >= 0.6 is 0 Å². The normalized spacial score (nSPS) is 17.8. The van der Waals surface area contributed by atoms with Gasteiger partial charge in [-0.2, -0.15) is 0 Å². The van der Waals surface area contributed by atoms with E-state index in [4.69, 9.17) is 10.7 Å². The first kappa shape index (κ1) is 16.3. The molecule has 4 N–H and O–H groups in total. The van der Waals surface area contributed by atoms with E-state index >= 15 is 0 Å². The molecule has 0 radical (unpaired) electrons. The first-order chi connectivity index (χ1) is 10.6. The average Bonchev–Trinajstić information content (AvgIpc) is 2.53. The number of anilines is 1. The van der Waals surface area contributed by atoms with Crippen LogP contribution in [0.5, 0.6) is 0 Å². The lowest BCUT2D eigenvalue weighted by Crippen LogP contribution is -2.34. The van der Waals surface area contributed by atoms with Crippen molar-refractivity contribution >= 4 is 18.1 Å². The maximum Gasteiger partial charge on any atom is 0.211 e. The van der Waals surface area contributed by atoms with E-state index in [1.54, 1.807) is 0 Å². The zero-order valence-corrected chi connectivity index (χ0v) is 13.2. The van der Waals surface area contributed by atoms with Crippen LogP contribution in [-0.4, -0.2) is 44.5 Å². The minimum atomic E-state index is 0.0119. The molecule has 1 fully saturated rings. The van der Waals surface area contributed by atoms with Crippen LogP contribution in [-0.2, 0) is 4.79 Å². The van der Waals surface area contributed by atoms with Crippen LogP contribution in [0.2, 0.25) is 0 Å². The van der Waals surface area contributed by atoms with Gasteiger partial charge < -0.3 is 21.3 Å². The van der Waals surface area contributed by atoms with Crippen molar-refractivity contribution in [2.45, 2.75) is 18.9 Å². The molecule has 1 aliphatic rings. The van der Waals surface area contributed by atoms with Gasteiger partial charge in [0.25, 0.3) is 0 Å². The third kappa shape index (κ3) is 4.21. The molecule has 1 amide bonds. The molecular formula is C16H25N5O. The lowest BCUT2D eigenvalue weighted by molar-refractivity contribution is -0.105. The molecule has 1 aromatic carbocycles. The van der Waals surface area contributed by atoms with Gasteiger partial charge in [0.05, 0.1) is 6.04 Å². The van der Waals surface area contributed by atoms with Gasteiger partial charge >= 0.3 is 0 Å². The van der Waals surface area contributed by atoms with Gasteiger partial charge in [0, 0.05) is 19.8 Å². The predicted octanol–water partition coefficient (Wildman–Crippen LogP) is 1.17. The molecule has 120 valence electrons. The van der Waals surface area contributed by atoms with E-state index < -0.39 is 0 Å². The summed E-state index contributed by atoms with van der Waals surface area (Å²) in [5.74, 6) is 0.975. The number of carbonyl (C=O) groups excluding carboxylic acids is 1. The van der Waals surface area contributed by atoms with Crippen molar-refractivity contribution in [2.24, 2.45) is 16.6 Å². The Kier molecular flexibility index (Phi) is 5.77. The highest BCUT2D eigenvalue weighted by Gasteiger charge is 2.25. The maximum absolute atomic E-state index is 10.7. The third-order valence-electron chi connectivity index (χ3n) is 4.01. The monoisotopic (exact) mass is 303 g/mol. The third-order valence-corrected chi connectivity index (χ3v) is 4.01. The molecule has 1 saturated heterocycles. The largest absolute Gasteiger partial charge is 0.370 e. The summed E-state index contributed by atoms with van der Waals surface area (Å²) in [6.07, 6.45) is 2.83. The number of carbonyl (C=O) groups is 1. The summed E-state index contributed by atoms with van der Waals surface area (Å²) < 4.78 is 0. The number of nitrogens with one attached hydrogen (secondary N) is 2. The molecule has 1 aromatic rings. The fraction of sp³-hybridized carbons (Fsp3) is 0.500. The number of guanidine groups is 1. The number of benzene rings is 1. The first-order valence-corrected chi connectivity index (χ1v) is 7.63. The quantitative estimate of drug-likeness (QED) is 0.433. The van der Waals surface area contributed by atoms with E-state index in [0.29, 0.717) is 18.3 Å². The van der Waals surface area contributed by atoms with E-state index in [-0.39, 0.29) is 6.04 Å². The summed E-state index contributed by atoms with van der Waals surface area (Å²) >= 11 is 0. The van der Waals surface area contributed by atoms with Gasteiger partial charge in [-0.05, 0) is 49.5 Å². The molecule has 0 spiro atoms. The van der Waals surface area contributed by atoms with Crippen LogP contribution in [0.4, 0.5) is 5.69 Å². The van der Waals surface area contributed by atoms with Gasteiger partial charge in [-0.25, -0.2) is 4.99 Å². The predicted molar refractivity (Wildman–Crippen MR) is 89.8 cm³/mol. The van der Waals surface area contributed by atoms with Gasteiger partial charge in [-0.1, -0.05) is 12.1 Å². The highest BCUT2D eigenvalue weighted by molar-refractivity contribution is 5.78. The van der Waals surface area contributed by atoms with E-state index in [9.17, 15) is 4.79 Å². The Hall–Kier alpha value is -2.08. The zero-order chi connectivity index (χ0) is 15.9. The van der Waals surface area contributed by atoms with E-state index in [1.807, 2.05) is 37.2 Å². The van der Waals surface area contributed by atoms with Crippen LogP contribution in [0.1, 0.15) is 24.4 Å². The fourth-order valence-corrected chi connectivity index (χ4v) is 2.75. The SMILES string of the molecule is CN(C)C(N)=NC(c1cccc(NC=O)c1)C1CCNCC1. The smallest absolute Gasteiger partial charge is 0.211 e. The molecule has 2 rings (SSSR count). The van der Waals surface area contributed by atoms with Crippen LogP contribution in [0.15, 0.2) is 29.3 Å². The summed E-state index contributed by atoms with van der Waals surface area (Å²) in [6.45, 7) is 2.01. The lowest BCUT2D eigenvalue weighted by Gasteiger charge is -2.29. The number of amides is 1. The number of piperidine rings is 1. The molecule has 0 aromatic heterocycles. The Labute approximate surface area is 131 Å². The van der Waals surface area contributed by atoms with Gasteiger partial charge in [0.2, 0.25) is 6.41 Å². The number of nitrogens with zero attached hydrogens (tertiary/aromatic N) is 2. The summed E-state index contributed by atoms with van der Waals surface area (Å²) in [5.41, 5.74) is 7.92. The van der Waals surface area contributed by atoms with Crippen molar-refractivity contribution in [3.05, 3.63) is 29.8 Å². The second kappa shape index (κ2) is 7.79. The minimum Gasteiger partial charge on any atom is -0.370 e. The van der Waals surface area contributed by atoms with Crippen LogP contribution in [0.25, 0.3) is 0 Å². The molecule has 6 nitrogen and oxygen atoms in total. The molecule has 6 heteroatoms. The number of aliphatic imine (C=N–C) groups is 1. The van der Waals surface area contributed by atoms with Crippen molar-refractivity contribution in [3.63, 3.8) is 0 Å². The minimum absolute atomic E-state index is 0.0119. The lowest BCUT2D eigenvalue weighted by atomic mass is 9.86. The maximum atomic E-state index is 10.7. The second-order valence-corrected chi connectivity index (χ2v) is 5.80. The van der Waals surface area contributed by atoms with E-state index in [2.05, 4.69) is 16.7 Å². The van der Waals surface area contributed by atoms with Crippen molar-refractivity contribution in [1.82, 2.24) is 10.2 Å². The van der Waals surface area contributed by atoms with Crippen molar-refractivity contribution in [1.29, 1.82) is 0 Å². The average molecular weight is 303 g/mol. The number of nitrogens with two attached hydrogens (primary N) is 1. The van der Waals surface area contributed by atoms with Crippen LogP contribution in [0.3, 0.4) is 0 Å². The molecule has 0 saturated carbocycles. The molecule has 22 heavy (non-hydrogen) atoms. The van der Waals surface area contributed by atoms with E-state index in [0.717, 1.165) is 37.2 Å². The molecule has 1 atom stereocenters. The standard InChI is InChI=1S/C16H25N5O/c1-21(2)16(17)20-15(12-6-8-18-9-7-12)13-4-3-5-14(10-13)19-11-22/h3-5,10-12,15,18H,6-9H2,1-2H3,(H2,17,20)(H,19,22). The van der Waals surface area contributed by atoms with Crippen molar-refractivity contribution in [2.75, 3.05) is 32.5 Å². The van der Waals surface area contributed by atoms with Crippen LogP contribution < -0.4 is 16.4 Å².